The summed E-state index contributed by atoms with van der Waals surface area (Å²) >= 11 is 0. The van der Waals surface area contributed by atoms with Gasteiger partial charge in [0.1, 0.15) is 23.2 Å². The maximum Gasteiger partial charge on any atom is 0.136 e. The van der Waals surface area contributed by atoms with Crippen molar-refractivity contribution in [1.29, 1.82) is 0 Å². The van der Waals surface area contributed by atoms with Gasteiger partial charge in [-0.1, -0.05) is 24.3 Å². The number of benzene rings is 2. The van der Waals surface area contributed by atoms with E-state index in [4.69, 9.17) is 14.7 Å². The first-order valence-electron chi connectivity index (χ1n) is 9.90. The number of nitrogens with one attached hydrogen (secondary N) is 1. The van der Waals surface area contributed by atoms with E-state index in [0.29, 0.717) is 5.92 Å². The Morgan fingerprint density at radius 1 is 1.00 bits per heavy atom. The molecule has 28 heavy (non-hydrogen) atoms. The van der Waals surface area contributed by atoms with Crippen LogP contribution in [0.3, 0.4) is 0 Å². The number of methoxy groups -OCH3 is 1. The summed E-state index contributed by atoms with van der Waals surface area (Å²) in [6, 6.07) is 18.6. The minimum absolute atomic E-state index is 0.512. The van der Waals surface area contributed by atoms with Crippen LogP contribution in [0.15, 0.2) is 54.6 Å². The average Bonchev–Trinajstić information content (AvgIpc) is 3.59. The number of hydrogen-bond acceptors (Lipinski definition) is 5. The van der Waals surface area contributed by atoms with Crippen molar-refractivity contribution in [3.05, 3.63) is 71.5 Å². The van der Waals surface area contributed by atoms with Crippen LogP contribution in [-0.2, 0) is 13.0 Å². The quantitative estimate of drug-likeness (QED) is 0.705. The third-order valence-corrected chi connectivity index (χ3v) is 5.47. The fraction of sp³-hybridized carbons (Fsp3) is 0.304. The molecule has 5 heteroatoms. The van der Waals surface area contributed by atoms with Crippen molar-refractivity contribution in [3.8, 4) is 5.75 Å². The predicted octanol–water partition coefficient (Wildman–Crippen LogP) is 4.67. The summed E-state index contributed by atoms with van der Waals surface area (Å²) in [5.74, 6) is 4.30. The predicted molar refractivity (Wildman–Crippen MR) is 111 cm³/mol. The Hall–Kier alpha value is -3.08. The van der Waals surface area contributed by atoms with Gasteiger partial charge < -0.3 is 15.0 Å². The maximum absolute atomic E-state index is 5.37. The number of rotatable bonds is 5. The highest BCUT2D eigenvalue weighted by molar-refractivity contribution is 5.60. The first-order valence-corrected chi connectivity index (χ1v) is 9.90. The number of ether oxygens (including phenoxy) is 1. The Morgan fingerprint density at radius 2 is 1.86 bits per heavy atom. The second-order valence-corrected chi connectivity index (χ2v) is 7.54. The van der Waals surface area contributed by atoms with Gasteiger partial charge >= 0.3 is 0 Å². The van der Waals surface area contributed by atoms with Gasteiger partial charge in [-0.15, -0.1) is 0 Å². The topological polar surface area (TPSA) is 50.3 Å². The van der Waals surface area contributed by atoms with Crippen LogP contribution >= 0.6 is 0 Å². The smallest absolute Gasteiger partial charge is 0.136 e. The Labute approximate surface area is 165 Å². The molecule has 2 heterocycles. The van der Waals surface area contributed by atoms with Gasteiger partial charge in [-0.25, -0.2) is 9.97 Å². The minimum Gasteiger partial charge on any atom is -0.497 e. The second kappa shape index (κ2) is 7.15. The molecule has 5 rings (SSSR count). The van der Waals surface area contributed by atoms with E-state index in [0.717, 1.165) is 48.4 Å². The van der Waals surface area contributed by atoms with E-state index in [1.807, 2.05) is 24.3 Å². The molecule has 3 aromatic rings. The van der Waals surface area contributed by atoms with E-state index in [1.54, 1.807) is 7.11 Å². The van der Waals surface area contributed by atoms with E-state index in [1.165, 1.54) is 24.0 Å². The molecule has 1 fully saturated rings. The molecule has 0 unspecified atom stereocenters. The highest BCUT2D eigenvalue weighted by Gasteiger charge is 2.28. The van der Waals surface area contributed by atoms with E-state index in [2.05, 4.69) is 40.5 Å². The zero-order chi connectivity index (χ0) is 18.9. The molecule has 1 N–H and O–H groups in total. The molecule has 5 nitrogen and oxygen atoms in total. The standard InChI is InChI=1S/C23H24N4O/c1-28-20-10-9-18-15-27(12-11-17(18)13-20)22-14-21(24-19-5-3-2-4-6-19)25-23(26-22)16-7-8-16/h2-6,9-10,13-14,16H,7-8,11-12,15H2,1H3,(H,24,25,26). The number of anilines is 3. The fourth-order valence-corrected chi connectivity index (χ4v) is 3.72. The van der Waals surface area contributed by atoms with Crippen LogP contribution < -0.4 is 15.0 Å². The zero-order valence-electron chi connectivity index (χ0n) is 16.1. The van der Waals surface area contributed by atoms with Gasteiger partial charge in [-0.05, 0) is 54.7 Å². The largest absolute Gasteiger partial charge is 0.497 e. The molecule has 2 aromatic carbocycles. The summed E-state index contributed by atoms with van der Waals surface area (Å²) in [7, 11) is 1.72. The number of nitrogens with zero attached hydrogens (tertiary/aromatic N) is 3. The third kappa shape index (κ3) is 3.52. The molecule has 0 spiro atoms. The monoisotopic (exact) mass is 372 g/mol. The van der Waals surface area contributed by atoms with Crippen LogP contribution in [0.5, 0.6) is 5.75 Å². The van der Waals surface area contributed by atoms with Gasteiger partial charge in [0.25, 0.3) is 0 Å². The lowest BCUT2D eigenvalue weighted by Gasteiger charge is -2.30. The molecule has 1 aliphatic heterocycles. The lowest BCUT2D eigenvalue weighted by molar-refractivity contribution is 0.413. The maximum atomic E-state index is 5.37. The fourth-order valence-electron chi connectivity index (χ4n) is 3.72. The van der Waals surface area contributed by atoms with Crippen LogP contribution in [0.1, 0.15) is 35.7 Å². The number of hydrogen-bond donors (Lipinski definition) is 1. The highest BCUT2D eigenvalue weighted by atomic mass is 16.5. The average molecular weight is 372 g/mol. The second-order valence-electron chi connectivity index (χ2n) is 7.54. The summed E-state index contributed by atoms with van der Waals surface area (Å²) in [6.07, 6.45) is 3.38. The van der Waals surface area contributed by atoms with Crippen molar-refractivity contribution >= 4 is 17.3 Å². The van der Waals surface area contributed by atoms with Crippen molar-refractivity contribution in [2.75, 3.05) is 23.9 Å². The summed E-state index contributed by atoms with van der Waals surface area (Å²) in [4.78, 5) is 12.1. The van der Waals surface area contributed by atoms with E-state index in [9.17, 15) is 0 Å². The lowest BCUT2D eigenvalue weighted by Crippen LogP contribution is -2.31. The van der Waals surface area contributed by atoms with Crippen LogP contribution in [0.2, 0.25) is 0 Å². The molecule has 0 bridgehead atoms. The van der Waals surface area contributed by atoms with Gasteiger partial charge in [-0.2, -0.15) is 0 Å². The van der Waals surface area contributed by atoms with E-state index >= 15 is 0 Å². The molecular weight excluding hydrogens is 348 g/mol. The Balaban J connectivity index is 1.44. The molecule has 2 aliphatic rings. The summed E-state index contributed by atoms with van der Waals surface area (Å²) in [5, 5.41) is 3.45. The summed E-state index contributed by atoms with van der Waals surface area (Å²) in [6.45, 7) is 1.82. The molecule has 0 amide bonds. The minimum atomic E-state index is 0.512. The Morgan fingerprint density at radius 3 is 2.64 bits per heavy atom. The molecule has 1 aromatic heterocycles. The van der Waals surface area contributed by atoms with Crippen molar-refractivity contribution in [1.82, 2.24) is 9.97 Å². The van der Waals surface area contributed by atoms with Crippen LogP contribution in [-0.4, -0.2) is 23.6 Å². The highest BCUT2D eigenvalue weighted by Crippen LogP contribution is 2.39. The molecule has 1 aliphatic carbocycles. The SMILES string of the molecule is COc1ccc2c(c1)CCN(c1cc(Nc3ccccc3)nc(C3CC3)n1)C2. The van der Waals surface area contributed by atoms with Crippen LogP contribution in [0.25, 0.3) is 0 Å². The Kier molecular flexibility index (Phi) is 4.35. The molecule has 1 saturated carbocycles. The van der Waals surface area contributed by atoms with Crippen LogP contribution in [0.4, 0.5) is 17.3 Å². The van der Waals surface area contributed by atoms with Gasteiger partial charge in [-0.3, -0.25) is 0 Å². The number of para-hydroxylation sites is 1. The normalized spacial score (nSPS) is 15.8. The summed E-state index contributed by atoms with van der Waals surface area (Å²) < 4.78 is 5.37. The van der Waals surface area contributed by atoms with Crippen molar-refractivity contribution in [2.24, 2.45) is 0 Å². The molecule has 0 saturated heterocycles. The van der Waals surface area contributed by atoms with Crippen molar-refractivity contribution in [2.45, 2.75) is 31.7 Å². The number of aromatic nitrogens is 2. The number of fused-ring (bicyclic) bond motifs is 1. The van der Waals surface area contributed by atoms with Gasteiger partial charge in [0.15, 0.2) is 0 Å². The molecule has 0 radical (unpaired) electrons. The molecular formula is C23H24N4O. The van der Waals surface area contributed by atoms with Gasteiger partial charge in [0.05, 0.1) is 7.11 Å². The van der Waals surface area contributed by atoms with Crippen LogP contribution in [0, 0.1) is 0 Å². The zero-order valence-corrected chi connectivity index (χ0v) is 16.1. The molecule has 0 atom stereocenters. The van der Waals surface area contributed by atoms with E-state index in [-0.39, 0.29) is 0 Å². The van der Waals surface area contributed by atoms with Crippen molar-refractivity contribution < 1.29 is 4.74 Å². The first-order chi connectivity index (χ1) is 13.8. The summed E-state index contributed by atoms with van der Waals surface area (Å²) in [5.41, 5.74) is 3.76. The third-order valence-electron chi connectivity index (χ3n) is 5.47. The van der Waals surface area contributed by atoms with Gasteiger partial charge in [0, 0.05) is 30.8 Å². The molecule has 142 valence electrons. The first kappa shape index (κ1) is 17.0. The van der Waals surface area contributed by atoms with E-state index < -0.39 is 0 Å². The Bertz CT molecular complexity index is 985. The van der Waals surface area contributed by atoms with Crippen molar-refractivity contribution in [3.63, 3.8) is 0 Å². The van der Waals surface area contributed by atoms with Gasteiger partial charge in [0.2, 0.25) is 0 Å². The lowest BCUT2D eigenvalue weighted by atomic mass is 9.99.